The Bertz CT molecular complexity index is 734. The fraction of sp³-hybridized carbons (Fsp3) is 0.368. The van der Waals surface area contributed by atoms with Crippen LogP contribution >= 0.6 is 0 Å². The van der Waals surface area contributed by atoms with E-state index in [1.807, 2.05) is 25.1 Å². The molecule has 0 saturated carbocycles. The summed E-state index contributed by atoms with van der Waals surface area (Å²) in [5.41, 5.74) is 2.80. The maximum absolute atomic E-state index is 12.7. The Morgan fingerprint density at radius 1 is 1.32 bits per heavy atom. The summed E-state index contributed by atoms with van der Waals surface area (Å²) >= 11 is 0. The van der Waals surface area contributed by atoms with Crippen molar-refractivity contribution < 1.29 is 13.6 Å². The van der Waals surface area contributed by atoms with E-state index in [-0.39, 0.29) is 17.5 Å². The molecule has 1 amide bonds. The minimum absolute atomic E-state index is 0.0355. The molecule has 25 heavy (non-hydrogen) atoms. The number of rotatable bonds is 5. The number of alkyl halides is 2. The number of anilines is 2. The molecule has 0 bridgehead atoms. The molecular formula is C19H21F2N3O. The van der Waals surface area contributed by atoms with Gasteiger partial charge in [0.2, 0.25) is 5.91 Å². The predicted octanol–water partition coefficient (Wildman–Crippen LogP) is 3.86. The maximum atomic E-state index is 12.7. The van der Waals surface area contributed by atoms with Gasteiger partial charge in [0.1, 0.15) is 5.69 Å². The quantitative estimate of drug-likeness (QED) is 0.895. The smallest absolute Gasteiger partial charge is 0.280 e. The molecule has 132 valence electrons. The lowest BCUT2D eigenvalue weighted by molar-refractivity contribution is -0.120. The fourth-order valence-electron chi connectivity index (χ4n) is 3.13. The molecule has 1 aromatic carbocycles. The van der Waals surface area contributed by atoms with E-state index in [1.54, 1.807) is 6.07 Å². The van der Waals surface area contributed by atoms with Gasteiger partial charge in [-0.25, -0.2) is 8.78 Å². The summed E-state index contributed by atoms with van der Waals surface area (Å²) in [6.07, 6.45) is 0.260. The average molecular weight is 345 g/mol. The van der Waals surface area contributed by atoms with Gasteiger partial charge in [-0.05, 0) is 36.1 Å². The highest BCUT2D eigenvalue weighted by molar-refractivity contribution is 5.75. The molecule has 0 fully saturated rings. The van der Waals surface area contributed by atoms with Crippen LogP contribution in [0.3, 0.4) is 0 Å². The van der Waals surface area contributed by atoms with E-state index in [0.29, 0.717) is 19.5 Å². The monoisotopic (exact) mass is 345 g/mol. The van der Waals surface area contributed by atoms with Gasteiger partial charge in [0.05, 0.1) is 11.9 Å². The van der Waals surface area contributed by atoms with Crippen molar-refractivity contribution in [3.63, 3.8) is 0 Å². The Labute approximate surface area is 145 Å². The number of hydrogen-bond acceptors (Lipinski definition) is 3. The molecule has 2 heterocycles. The fourth-order valence-corrected chi connectivity index (χ4v) is 3.13. The van der Waals surface area contributed by atoms with Crippen molar-refractivity contribution in [3.8, 4) is 0 Å². The first kappa shape index (κ1) is 17.3. The minimum Gasteiger partial charge on any atom is -0.356 e. The number of nitrogens with one attached hydrogen (secondary N) is 1. The van der Waals surface area contributed by atoms with E-state index in [1.165, 1.54) is 17.8 Å². The SMILES string of the molecule is CCC(=O)NCC1Cc2ccccc2N(c2ccc(C(F)F)nc2)C1. The number of carbonyl (C=O) groups excluding carboxylic acids is 1. The normalized spacial score (nSPS) is 16.6. The first-order chi connectivity index (χ1) is 12.1. The molecule has 1 N–H and O–H groups in total. The lowest BCUT2D eigenvalue weighted by Gasteiger charge is -2.36. The van der Waals surface area contributed by atoms with E-state index >= 15 is 0 Å². The van der Waals surface area contributed by atoms with E-state index in [0.717, 1.165) is 17.8 Å². The van der Waals surface area contributed by atoms with Gasteiger partial charge >= 0.3 is 0 Å². The van der Waals surface area contributed by atoms with Crippen LogP contribution in [-0.4, -0.2) is 24.0 Å². The molecule has 1 aliphatic rings. The van der Waals surface area contributed by atoms with Crippen molar-refractivity contribution in [1.82, 2.24) is 10.3 Å². The topological polar surface area (TPSA) is 45.2 Å². The number of hydrogen-bond donors (Lipinski definition) is 1. The van der Waals surface area contributed by atoms with Crippen molar-refractivity contribution in [2.75, 3.05) is 18.0 Å². The van der Waals surface area contributed by atoms with Crippen LogP contribution in [0.2, 0.25) is 0 Å². The van der Waals surface area contributed by atoms with Crippen LogP contribution in [0.1, 0.15) is 31.0 Å². The molecule has 0 saturated heterocycles. The summed E-state index contributed by atoms with van der Waals surface area (Å²) in [6, 6.07) is 11.1. The second-order valence-corrected chi connectivity index (χ2v) is 6.21. The number of pyridine rings is 1. The van der Waals surface area contributed by atoms with Gasteiger partial charge in [0.15, 0.2) is 0 Å². The number of benzene rings is 1. The van der Waals surface area contributed by atoms with Crippen LogP contribution in [0.4, 0.5) is 20.2 Å². The van der Waals surface area contributed by atoms with Gasteiger partial charge in [-0.3, -0.25) is 9.78 Å². The molecule has 4 nitrogen and oxygen atoms in total. The standard InChI is InChI=1S/C19H21F2N3O/c1-2-18(25)23-10-13-9-14-5-3-4-6-17(14)24(12-13)15-7-8-16(19(20)21)22-11-15/h3-8,11,13,19H,2,9-10,12H2,1H3,(H,23,25). The number of carbonyl (C=O) groups is 1. The second-order valence-electron chi connectivity index (χ2n) is 6.21. The van der Waals surface area contributed by atoms with Crippen LogP contribution in [0.15, 0.2) is 42.6 Å². The predicted molar refractivity (Wildman–Crippen MR) is 93.1 cm³/mol. The van der Waals surface area contributed by atoms with E-state index in [9.17, 15) is 13.6 Å². The van der Waals surface area contributed by atoms with Crippen LogP contribution in [0.5, 0.6) is 0 Å². The third kappa shape index (κ3) is 3.95. The Morgan fingerprint density at radius 2 is 2.12 bits per heavy atom. The number of halogens is 2. The molecule has 3 rings (SSSR count). The zero-order valence-electron chi connectivity index (χ0n) is 14.1. The molecule has 1 aliphatic heterocycles. The molecule has 1 unspecified atom stereocenters. The lowest BCUT2D eigenvalue weighted by Crippen LogP contribution is -2.39. The van der Waals surface area contributed by atoms with Gasteiger partial charge < -0.3 is 10.2 Å². The molecule has 1 aromatic heterocycles. The van der Waals surface area contributed by atoms with E-state index < -0.39 is 6.43 Å². The van der Waals surface area contributed by atoms with Gasteiger partial charge in [0.25, 0.3) is 6.43 Å². The summed E-state index contributed by atoms with van der Waals surface area (Å²) in [7, 11) is 0. The molecule has 6 heteroatoms. The van der Waals surface area contributed by atoms with E-state index in [4.69, 9.17) is 0 Å². The Morgan fingerprint density at radius 3 is 2.80 bits per heavy atom. The Balaban J connectivity index is 1.84. The van der Waals surface area contributed by atoms with Crippen molar-refractivity contribution >= 4 is 17.3 Å². The molecule has 0 spiro atoms. The third-order valence-corrected chi connectivity index (χ3v) is 4.45. The third-order valence-electron chi connectivity index (χ3n) is 4.45. The molecule has 0 aliphatic carbocycles. The number of para-hydroxylation sites is 1. The molecule has 0 radical (unpaired) electrons. The summed E-state index contributed by atoms with van der Waals surface area (Å²) in [5.74, 6) is 0.286. The summed E-state index contributed by atoms with van der Waals surface area (Å²) in [6.45, 7) is 3.13. The lowest BCUT2D eigenvalue weighted by atomic mass is 9.92. The highest BCUT2D eigenvalue weighted by atomic mass is 19.3. The first-order valence-electron chi connectivity index (χ1n) is 8.44. The van der Waals surface area contributed by atoms with Gasteiger partial charge in [-0.15, -0.1) is 0 Å². The number of aromatic nitrogens is 1. The van der Waals surface area contributed by atoms with E-state index in [2.05, 4.69) is 21.3 Å². The first-order valence-corrected chi connectivity index (χ1v) is 8.44. The number of nitrogens with zero attached hydrogens (tertiary/aromatic N) is 2. The average Bonchev–Trinajstić information content (AvgIpc) is 2.65. The summed E-state index contributed by atoms with van der Waals surface area (Å²) < 4.78 is 25.5. The van der Waals surface area contributed by atoms with Gasteiger partial charge in [0, 0.05) is 25.2 Å². The highest BCUT2D eigenvalue weighted by Crippen LogP contribution is 2.35. The van der Waals surface area contributed by atoms with Crippen molar-refractivity contribution in [2.24, 2.45) is 5.92 Å². The zero-order chi connectivity index (χ0) is 17.8. The van der Waals surface area contributed by atoms with Crippen LogP contribution < -0.4 is 10.2 Å². The number of fused-ring (bicyclic) bond motifs is 1. The highest BCUT2D eigenvalue weighted by Gasteiger charge is 2.26. The summed E-state index contributed by atoms with van der Waals surface area (Å²) in [4.78, 5) is 17.5. The maximum Gasteiger partial charge on any atom is 0.280 e. The minimum atomic E-state index is -2.57. The largest absolute Gasteiger partial charge is 0.356 e. The van der Waals surface area contributed by atoms with Gasteiger partial charge in [-0.1, -0.05) is 25.1 Å². The second kappa shape index (κ2) is 7.59. The van der Waals surface area contributed by atoms with Crippen molar-refractivity contribution in [1.29, 1.82) is 0 Å². The van der Waals surface area contributed by atoms with Crippen LogP contribution in [0, 0.1) is 5.92 Å². The Hall–Kier alpha value is -2.50. The van der Waals surface area contributed by atoms with Crippen molar-refractivity contribution in [3.05, 3.63) is 53.9 Å². The zero-order valence-corrected chi connectivity index (χ0v) is 14.1. The molecule has 2 aromatic rings. The Kier molecular flexibility index (Phi) is 5.26. The number of amides is 1. The van der Waals surface area contributed by atoms with Crippen LogP contribution in [-0.2, 0) is 11.2 Å². The van der Waals surface area contributed by atoms with Gasteiger partial charge in [-0.2, -0.15) is 0 Å². The van der Waals surface area contributed by atoms with Crippen LogP contribution in [0.25, 0.3) is 0 Å². The summed E-state index contributed by atoms with van der Waals surface area (Å²) in [5, 5.41) is 2.95. The molecular weight excluding hydrogens is 324 g/mol. The van der Waals surface area contributed by atoms with Crippen molar-refractivity contribution in [2.45, 2.75) is 26.2 Å². The molecule has 1 atom stereocenters.